The molecule has 0 saturated carbocycles. The highest BCUT2D eigenvalue weighted by Gasteiger charge is 2.35. The molecule has 0 bridgehead atoms. The molecular weight excluding hydrogens is 279 g/mol. The maximum atomic E-state index is 12.6. The molecule has 0 fully saturated rings. The third-order valence-electron chi connectivity index (χ3n) is 2.15. The average molecular weight is 291 g/mol. The van der Waals surface area contributed by atoms with E-state index in [0.717, 1.165) is 6.07 Å². The van der Waals surface area contributed by atoms with Crippen LogP contribution in [-0.4, -0.2) is 30.1 Å². The number of pyridine rings is 1. The van der Waals surface area contributed by atoms with E-state index >= 15 is 0 Å². The molecule has 8 heteroatoms. The third kappa shape index (κ3) is 3.69. The summed E-state index contributed by atoms with van der Waals surface area (Å²) in [4.78, 5) is 26.3. The molecule has 1 heterocycles. The van der Waals surface area contributed by atoms with Crippen molar-refractivity contribution >= 4 is 11.9 Å². The van der Waals surface area contributed by atoms with Gasteiger partial charge in [-0.05, 0) is 26.0 Å². The average Bonchev–Trinajstić information content (AvgIpc) is 2.37. The molecule has 1 rings (SSSR count). The molecule has 0 radical (unpaired) electrons. The lowest BCUT2D eigenvalue weighted by Crippen LogP contribution is -2.19. The molecule has 20 heavy (non-hydrogen) atoms. The number of aromatic nitrogens is 1. The van der Waals surface area contributed by atoms with E-state index in [1.54, 1.807) is 0 Å². The van der Waals surface area contributed by atoms with E-state index in [4.69, 9.17) is 0 Å². The lowest BCUT2D eigenvalue weighted by Gasteiger charge is -2.11. The molecule has 0 spiro atoms. The number of ether oxygens (including phenoxy) is 2. The fourth-order valence-corrected chi connectivity index (χ4v) is 1.35. The number of hydrogen-bond donors (Lipinski definition) is 0. The van der Waals surface area contributed by atoms with Gasteiger partial charge in [-0.1, -0.05) is 0 Å². The lowest BCUT2D eigenvalue weighted by molar-refractivity contribution is -0.141. The molecule has 0 aliphatic heterocycles. The van der Waals surface area contributed by atoms with Crippen LogP contribution in [0.25, 0.3) is 0 Å². The van der Waals surface area contributed by atoms with Crippen molar-refractivity contribution in [1.82, 2.24) is 4.98 Å². The Labute approximate surface area is 112 Å². The van der Waals surface area contributed by atoms with Crippen molar-refractivity contribution in [3.05, 3.63) is 29.1 Å². The number of esters is 2. The Morgan fingerprint density at radius 1 is 1.10 bits per heavy atom. The molecule has 0 atom stereocenters. The highest BCUT2D eigenvalue weighted by atomic mass is 19.4. The minimum atomic E-state index is -4.73. The number of nitrogens with zero attached hydrogens (tertiary/aromatic N) is 1. The summed E-state index contributed by atoms with van der Waals surface area (Å²) in [5.74, 6) is -2.04. The van der Waals surface area contributed by atoms with Crippen molar-refractivity contribution in [3.63, 3.8) is 0 Å². The lowest BCUT2D eigenvalue weighted by atomic mass is 10.1. The molecule has 0 aliphatic rings. The zero-order valence-corrected chi connectivity index (χ0v) is 10.8. The number of halogens is 3. The van der Waals surface area contributed by atoms with Crippen LogP contribution in [0, 0.1) is 0 Å². The Hall–Kier alpha value is -2.12. The van der Waals surface area contributed by atoms with Gasteiger partial charge < -0.3 is 9.47 Å². The first-order valence-electron chi connectivity index (χ1n) is 5.73. The molecule has 0 unspecified atom stereocenters. The summed E-state index contributed by atoms with van der Waals surface area (Å²) in [6.45, 7) is 2.97. The molecule has 1 aromatic heterocycles. The summed E-state index contributed by atoms with van der Waals surface area (Å²) in [6.07, 6.45) is -4.73. The Morgan fingerprint density at radius 2 is 1.65 bits per heavy atom. The van der Waals surface area contributed by atoms with Crippen LogP contribution in [0.3, 0.4) is 0 Å². The first kappa shape index (κ1) is 15.9. The molecule has 0 aromatic carbocycles. The van der Waals surface area contributed by atoms with Gasteiger partial charge in [0.2, 0.25) is 0 Å². The van der Waals surface area contributed by atoms with Crippen LogP contribution >= 0.6 is 0 Å². The third-order valence-corrected chi connectivity index (χ3v) is 2.15. The van der Waals surface area contributed by atoms with E-state index in [0.29, 0.717) is 6.07 Å². The van der Waals surface area contributed by atoms with Gasteiger partial charge in [0, 0.05) is 0 Å². The highest BCUT2D eigenvalue weighted by molar-refractivity contribution is 6.01. The number of rotatable bonds is 4. The Morgan fingerprint density at radius 3 is 2.15 bits per heavy atom. The van der Waals surface area contributed by atoms with Crippen molar-refractivity contribution in [2.24, 2.45) is 0 Å². The number of carbonyl (C=O) groups excluding carboxylic acids is 2. The summed E-state index contributed by atoms with van der Waals surface area (Å²) < 4.78 is 46.9. The van der Waals surface area contributed by atoms with Gasteiger partial charge in [-0.2, -0.15) is 13.2 Å². The zero-order valence-electron chi connectivity index (χ0n) is 10.8. The fourth-order valence-electron chi connectivity index (χ4n) is 1.35. The topological polar surface area (TPSA) is 65.5 Å². The Balaban J connectivity index is 3.30. The Bertz CT molecular complexity index is 514. The van der Waals surface area contributed by atoms with Crippen molar-refractivity contribution in [2.75, 3.05) is 13.2 Å². The molecule has 1 aromatic rings. The van der Waals surface area contributed by atoms with Crippen LogP contribution in [0.1, 0.15) is 40.4 Å². The van der Waals surface area contributed by atoms with Crippen molar-refractivity contribution < 1.29 is 32.2 Å². The summed E-state index contributed by atoms with van der Waals surface area (Å²) in [6, 6.07) is 1.45. The first-order chi connectivity index (χ1) is 9.31. The minimum absolute atomic E-state index is 0.0160. The molecule has 0 amide bonds. The van der Waals surface area contributed by atoms with Gasteiger partial charge in [-0.3, -0.25) is 0 Å². The van der Waals surface area contributed by atoms with E-state index in [9.17, 15) is 22.8 Å². The first-order valence-corrected chi connectivity index (χ1v) is 5.73. The van der Waals surface area contributed by atoms with Crippen LogP contribution in [0.2, 0.25) is 0 Å². The smallest absolute Gasteiger partial charge is 0.433 e. The van der Waals surface area contributed by atoms with Gasteiger partial charge in [0.25, 0.3) is 0 Å². The summed E-state index contributed by atoms with van der Waals surface area (Å²) in [7, 11) is 0. The fraction of sp³-hybridized carbons (Fsp3) is 0.417. The normalized spacial score (nSPS) is 11.1. The van der Waals surface area contributed by atoms with Gasteiger partial charge in [0.05, 0.1) is 18.8 Å². The predicted molar refractivity (Wildman–Crippen MR) is 61.2 cm³/mol. The van der Waals surface area contributed by atoms with Gasteiger partial charge in [0.15, 0.2) is 5.69 Å². The van der Waals surface area contributed by atoms with E-state index in [1.807, 2.05) is 0 Å². The molecule has 0 N–H and O–H groups in total. The number of hydrogen-bond acceptors (Lipinski definition) is 5. The van der Waals surface area contributed by atoms with Crippen LogP contribution < -0.4 is 0 Å². The monoisotopic (exact) mass is 291 g/mol. The second-order valence-corrected chi connectivity index (χ2v) is 3.53. The van der Waals surface area contributed by atoms with E-state index in [-0.39, 0.29) is 18.8 Å². The van der Waals surface area contributed by atoms with Crippen molar-refractivity contribution in [1.29, 1.82) is 0 Å². The van der Waals surface area contributed by atoms with Crippen LogP contribution in [0.15, 0.2) is 12.1 Å². The van der Waals surface area contributed by atoms with Crippen molar-refractivity contribution in [3.8, 4) is 0 Å². The number of alkyl halides is 3. The highest BCUT2D eigenvalue weighted by Crippen LogP contribution is 2.28. The second kappa shape index (κ2) is 6.36. The van der Waals surface area contributed by atoms with Crippen molar-refractivity contribution in [2.45, 2.75) is 20.0 Å². The second-order valence-electron chi connectivity index (χ2n) is 3.53. The summed E-state index contributed by atoms with van der Waals surface area (Å²) in [5.41, 5.74) is -2.35. The quantitative estimate of drug-likeness (QED) is 0.797. The molecular formula is C12H12F3NO4. The SMILES string of the molecule is CCOC(=O)c1ccc(C(F)(F)F)nc1C(=O)OCC. The van der Waals surface area contributed by atoms with Crippen LogP contribution in [0.4, 0.5) is 13.2 Å². The van der Waals surface area contributed by atoms with Gasteiger partial charge in [-0.15, -0.1) is 0 Å². The largest absolute Gasteiger partial charge is 0.462 e. The minimum Gasteiger partial charge on any atom is -0.462 e. The standard InChI is InChI=1S/C12H12F3NO4/c1-3-19-10(17)7-5-6-8(12(13,14)15)16-9(7)11(18)20-4-2/h5-6H,3-4H2,1-2H3. The van der Waals surface area contributed by atoms with E-state index in [2.05, 4.69) is 14.5 Å². The molecule has 0 saturated heterocycles. The van der Waals surface area contributed by atoms with E-state index < -0.39 is 29.5 Å². The van der Waals surface area contributed by atoms with Crippen LogP contribution in [-0.2, 0) is 15.7 Å². The predicted octanol–water partition coefficient (Wildman–Crippen LogP) is 2.45. The summed E-state index contributed by atoms with van der Waals surface area (Å²) >= 11 is 0. The summed E-state index contributed by atoms with van der Waals surface area (Å²) in [5, 5.41) is 0. The number of carbonyl (C=O) groups is 2. The van der Waals surface area contributed by atoms with Gasteiger partial charge in [0.1, 0.15) is 5.69 Å². The Kier molecular flexibility index (Phi) is 5.06. The molecule has 110 valence electrons. The van der Waals surface area contributed by atoms with Gasteiger partial charge >= 0.3 is 18.1 Å². The maximum absolute atomic E-state index is 12.6. The van der Waals surface area contributed by atoms with Gasteiger partial charge in [-0.25, -0.2) is 14.6 Å². The van der Waals surface area contributed by atoms with Crippen LogP contribution in [0.5, 0.6) is 0 Å². The molecule has 5 nitrogen and oxygen atoms in total. The molecule has 0 aliphatic carbocycles. The zero-order chi connectivity index (χ0) is 15.3. The van der Waals surface area contributed by atoms with E-state index in [1.165, 1.54) is 13.8 Å². The maximum Gasteiger partial charge on any atom is 0.433 e.